The van der Waals surface area contributed by atoms with Gasteiger partial charge in [0, 0.05) is 43.7 Å². The fourth-order valence-corrected chi connectivity index (χ4v) is 6.46. The zero-order chi connectivity index (χ0) is 33.5. The molecule has 8 aromatic rings. The number of nitrogens with zero attached hydrogens (tertiary/aromatic N) is 4. The molecule has 3 heterocycles. The molecule has 50 heavy (non-hydrogen) atoms. The number of para-hydroxylation sites is 4. The molecule has 0 unspecified atom stereocenters. The zero-order valence-corrected chi connectivity index (χ0v) is 30.3. The van der Waals surface area contributed by atoms with Crippen LogP contribution in [0.3, 0.4) is 0 Å². The molecule has 3 aromatic heterocycles. The molecule has 5 nitrogen and oxygen atoms in total. The number of anilines is 3. The third-order valence-electron chi connectivity index (χ3n) is 8.98. The van der Waals surface area contributed by atoms with Gasteiger partial charge in [-0.15, -0.1) is 29.3 Å². The molecule has 0 amide bonds. The first-order valence-electron chi connectivity index (χ1n) is 16.5. The molecule has 8 rings (SSSR count). The van der Waals surface area contributed by atoms with Crippen molar-refractivity contribution in [1.29, 1.82) is 0 Å². The number of pyridine rings is 2. The Kier molecular flexibility index (Phi) is 8.86. The summed E-state index contributed by atoms with van der Waals surface area (Å²) in [7, 11) is 0. The van der Waals surface area contributed by atoms with Gasteiger partial charge in [0.25, 0.3) is 0 Å². The maximum absolute atomic E-state index is 11.0. The number of aromatic nitrogens is 3. The normalized spacial score (nSPS) is 11.4. The number of hydrogen-bond donors (Lipinski definition) is 1. The van der Waals surface area contributed by atoms with Crippen molar-refractivity contribution < 1.29 is 26.2 Å². The summed E-state index contributed by atoms with van der Waals surface area (Å²) >= 11 is 0. The van der Waals surface area contributed by atoms with E-state index in [1.165, 1.54) is 0 Å². The van der Waals surface area contributed by atoms with Crippen LogP contribution in [-0.4, -0.2) is 19.6 Å². The van der Waals surface area contributed by atoms with E-state index in [9.17, 15) is 5.11 Å². The Morgan fingerprint density at radius 3 is 2.14 bits per heavy atom. The van der Waals surface area contributed by atoms with Gasteiger partial charge >= 0.3 is 0 Å². The van der Waals surface area contributed by atoms with Gasteiger partial charge in [0.2, 0.25) is 0 Å². The Hall–Kier alpha value is -5.51. The number of aromatic hydroxyl groups is 1. The number of rotatable bonds is 6. The summed E-state index contributed by atoms with van der Waals surface area (Å²) < 4.78 is 2.05. The first kappa shape index (κ1) is 33.0. The van der Waals surface area contributed by atoms with Gasteiger partial charge in [-0.3, -0.25) is 9.55 Å². The van der Waals surface area contributed by atoms with Gasteiger partial charge in [0.15, 0.2) is 0 Å². The molecule has 0 spiro atoms. The molecule has 0 aliphatic carbocycles. The second-order valence-corrected chi connectivity index (χ2v) is 13.3. The van der Waals surface area contributed by atoms with Crippen LogP contribution in [0.4, 0.5) is 17.2 Å². The van der Waals surface area contributed by atoms with E-state index in [0.29, 0.717) is 5.69 Å². The van der Waals surface area contributed by atoms with Crippen molar-refractivity contribution in [3.05, 3.63) is 163 Å². The number of hydrogen-bond acceptors (Lipinski definition) is 4. The van der Waals surface area contributed by atoms with E-state index in [1.807, 2.05) is 71.4 Å². The van der Waals surface area contributed by atoms with Gasteiger partial charge in [-0.1, -0.05) is 112 Å². The predicted molar refractivity (Wildman–Crippen MR) is 201 cm³/mol. The Morgan fingerprint density at radius 1 is 0.680 bits per heavy atom. The number of benzene rings is 5. The van der Waals surface area contributed by atoms with E-state index in [-0.39, 0.29) is 32.2 Å². The third kappa shape index (κ3) is 6.10. The molecule has 0 fully saturated rings. The summed E-state index contributed by atoms with van der Waals surface area (Å²) in [5.41, 5.74) is 9.17. The van der Waals surface area contributed by atoms with Crippen LogP contribution >= 0.6 is 0 Å². The van der Waals surface area contributed by atoms with Gasteiger partial charge < -0.3 is 10.0 Å². The number of phenols is 1. The van der Waals surface area contributed by atoms with Crippen molar-refractivity contribution >= 4 is 39.1 Å². The first-order chi connectivity index (χ1) is 23.8. The number of fused-ring (bicyclic) bond motifs is 3. The molecule has 0 atom stereocenters. The smallest absolute Gasteiger partial charge is 0.139 e. The van der Waals surface area contributed by atoms with Crippen LogP contribution in [0.1, 0.15) is 26.3 Å². The summed E-state index contributed by atoms with van der Waals surface area (Å²) in [5.74, 6) is 0.994. The molecule has 1 N–H and O–H groups in total. The van der Waals surface area contributed by atoms with Crippen LogP contribution in [0.15, 0.2) is 152 Å². The van der Waals surface area contributed by atoms with E-state index in [1.54, 1.807) is 6.07 Å². The van der Waals surface area contributed by atoms with Crippen molar-refractivity contribution in [3.63, 3.8) is 0 Å². The van der Waals surface area contributed by atoms with Crippen molar-refractivity contribution in [1.82, 2.24) is 14.5 Å². The van der Waals surface area contributed by atoms with Crippen LogP contribution in [0.2, 0.25) is 0 Å². The zero-order valence-electron chi connectivity index (χ0n) is 28.0. The van der Waals surface area contributed by atoms with Gasteiger partial charge in [0.1, 0.15) is 17.2 Å². The average Bonchev–Trinajstić information content (AvgIpc) is 3.46. The topological polar surface area (TPSA) is 54.2 Å². The monoisotopic (exact) mass is 830 g/mol. The molecule has 0 bridgehead atoms. The second kappa shape index (κ2) is 13.4. The quantitative estimate of drug-likeness (QED) is 0.170. The molecule has 6 heteroatoms. The minimum Gasteiger partial charge on any atom is -0.506 e. The fourth-order valence-electron chi connectivity index (χ4n) is 6.46. The summed E-state index contributed by atoms with van der Waals surface area (Å²) in [4.78, 5) is 12.4. The molecule has 0 saturated heterocycles. The second-order valence-electron chi connectivity index (χ2n) is 13.3. The Bertz CT molecular complexity index is 2450. The summed E-state index contributed by atoms with van der Waals surface area (Å²) in [5, 5.41) is 13.0. The third-order valence-corrected chi connectivity index (χ3v) is 8.98. The van der Waals surface area contributed by atoms with E-state index in [2.05, 4.69) is 111 Å². The van der Waals surface area contributed by atoms with Crippen LogP contribution in [0.25, 0.3) is 50.0 Å². The van der Waals surface area contributed by atoms with Gasteiger partial charge in [-0.05, 0) is 70.4 Å². The molecule has 248 valence electrons. The summed E-state index contributed by atoms with van der Waals surface area (Å²) in [6.45, 7) is 6.68. The van der Waals surface area contributed by atoms with Crippen molar-refractivity contribution in [2.24, 2.45) is 0 Å². The summed E-state index contributed by atoms with van der Waals surface area (Å²) in [6.07, 6.45) is 1.87. The van der Waals surface area contributed by atoms with Crippen molar-refractivity contribution in [2.45, 2.75) is 26.2 Å². The van der Waals surface area contributed by atoms with Gasteiger partial charge in [-0.25, -0.2) is 4.98 Å². The Balaban J connectivity index is 0.00000392. The van der Waals surface area contributed by atoms with E-state index in [4.69, 9.17) is 9.97 Å². The largest absolute Gasteiger partial charge is 0.506 e. The van der Waals surface area contributed by atoms with Crippen molar-refractivity contribution in [2.75, 3.05) is 4.90 Å². The minimum absolute atomic E-state index is 0. The van der Waals surface area contributed by atoms with Crippen LogP contribution < -0.4 is 4.90 Å². The van der Waals surface area contributed by atoms with Gasteiger partial charge in [0.05, 0.1) is 11.2 Å². The molecular weight excluding hydrogens is 796 g/mol. The Morgan fingerprint density at radius 2 is 1.38 bits per heavy atom. The van der Waals surface area contributed by atoms with E-state index >= 15 is 0 Å². The fraction of sp³-hybridized carbons (Fsp3) is 0.0909. The van der Waals surface area contributed by atoms with E-state index < -0.39 is 0 Å². The molecule has 0 aliphatic heterocycles. The van der Waals surface area contributed by atoms with Crippen molar-refractivity contribution in [3.8, 4) is 33.8 Å². The molecular formula is C44H35N4OPt-. The summed E-state index contributed by atoms with van der Waals surface area (Å²) in [6, 6.07) is 52.9. The van der Waals surface area contributed by atoms with Crippen LogP contribution in [-0.2, 0) is 26.5 Å². The first-order valence-corrected chi connectivity index (χ1v) is 16.5. The minimum atomic E-state index is -0.158. The maximum Gasteiger partial charge on any atom is 0.139 e. The SMILES string of the molecule is CC(C)(C)c1cc(-c2ccc3c4ccccc4n(-c4ccccc4O)c3n2)[c-]c(N(c2ccccc2)c2cc(-c3ccccc3)ccn2)c1.[Pt]. The molecule has 5 aromatic carbocycles. The molecule has 0 aliphatic rings. The van der Waals surface area contributed by atoms with E-state index in [0.717, 1.165) is 67.1 Å². The van der Waals surface area contributed by atoms with Crippen LogP contribution in [0, 0.1) is 6.07 Å². The van der Waals surface area contributed by atoms with Gasteiger partial charge in [-0.2, -0.15) is 0 Å². The average molecular weight is 831 g/mol. The standard InChI is InChI=1S/C44H35N4O.Pt/c1-44(2,3)33-26-32(38-23-22-37-36-18-10-11-19-39(36)48(43(37)46-38)40-20-12-13-21-41(40)49)27-35(29-33)47(34-16-8-5-9-17-34)42-28-31(24-25-45-42)30-14-6-4-7-15-30;/h4-26,28-29,49H,1-3H3;/q-1;. The molecule has 0 saturated carbocycles. The van der Waals surface area contributed by atoms with Crippen LogP contribution in [0.5, 0.6) is 5.75 Å². The molecule has 0 radical (unpaired) electrons. The number of phenolic OH excluding ortho intramolecular Hbond substituents is 1. The Labute approximate surface area is 306 Å². The maximum atomic E-state index is 11.0. The predicted octanol–water partition coefficient (Wildman–Crippen LogP) is 11.2.